The first-order valence-corrected chi connectivity index (χ1v) is 6.99. The van der Waals surface area contributed by atoms with Gasteiger partial charge >= 0.3 is 0 Å². The van der Waals surface area contributed by atoms with Crippen LogP contribution in [-0.4, -0.2) is 29.5 Å². The molecule has 3 nitrogen and oxygen atoms in total. The van der Waals surface area contributed by atoms with Crippen molar-refractivity contribution in [2.75, 3.05) is 25.0 Å². The molecule has 1 fully saturated rings. The highest BCUT2D eigenvalue weighted by atomic mass is 35.5. The van der Waals surface area contributed by atoms with E-state index in [1.165, 1.54) is 6.42 Å². The summed E-state index contributed by atoms with van der Waals surface area (Å²) in [6, 6.07) is 3.87. The van der Waals surface area contributed by atoms with E-state index in [2.05, 4.69) is 36.0 Å². The van der Waals surface area contributed by atoms with Gasteiger partial charge in [-0.25, -0.2) is 4.98 Å². The van der Waals surface area contributed by atoms with Crippen molar-refractivity contribution in [3.63, 3.8) is 0 Å². The second-order valence-corrected chi connectivity index (χ2v) is 6.19. The summed E-state index contributed by atoms with van der Waals surface area (Å²) in [7, 11) is 0. The van der Waals surface area contributed by atoms with Crippen LogP contribution in [0.4, 0.5) is 5.82 Å². The van der Waals surface area contributed by atoms with Gasteiger partial charge in [0.15, 0.2) is 0 Å². The molecule has 0 spiro atoms. The Balaban J connectivity index is 2.06. The standard InChI is InChI=1S/C14H22ClN3/c1-4-16-13-6-5-11(15)12(17-13)9-18-8-7-14(2,3)10-18/h5-6H,4,7-10H2,1-3H3,(H,16,17). The quantitative estimate of drug-likeness (QED) is 0.906. The van der Waals surface area contributed by atoms with Crippen LogP contribution >= 0.6 is 11.6 Å². The molecule has 18 heavy (non-hydrogen) atoms. The SMILES string of the molecule is CCNc1ccc(Cl)c(CN2CCC(C)(C)C2)n1. The highest BCUT2D eigenvalue weighted by Crippen LogP contribution is 2.30. The van der Waals surface area contributed by atoms with Gasteiger partial charge in [-0.3, -0.25) is 4.90 Å². The van der Waals surface area contributed by atoms with Gasteiger partial charge in [-0.1, -0.05) is 25.4 Å². The van der Waals surface area contributed by atoms with Crippen LogP contribution in [0.1, 0.15) is 32.9 Å². The lowest BCUT2D eigenvalue weighted by molar-refractivity contribution is 0.282. The van der Waals surface area contributed by atoms with E-state index in [0.29, 0.717) is 5.41 Å². The molecule has 0 unspecified atom stereocenters. The second-order valence-electron chi connectivity index (χ2n) is 5.78. The minimum Gasteiger partial charge on any atom is -0.370 e. The van der Waals surface area contributed by atoms with Gasteiger partial charge in [0, 0.05) is 19.6 Å². The number of pyridine rings is 1. The molecule has 1 aromatic rings. The van der Waals surface area contributed by atoms with Gasteiger partial charge in [0.2, 0.25) is 0 Å². The first-order chi connectivity index (χ1) is 8.50. The lowest BCUT2D eigenvalue weighted by Crippen LogP contribution is -2.23. The topological polar surface area (TPSA) is 28.2 Å². The fourth-order valence-corrected chi connectivity index (χ4v) is 2.61. The fourth-order valence-electron chi connectivity index (χ4n) is 2.45. The van der Waals surface area contributed by atoms with Crippen molar-refractivity contribution in [1.29, 1.82) is 0 Å². The van der Waals surface area contributed by atoms with Gasteiger partial charge in [0.05, 0.1) is 10.7 Å². The lowest BCUT2D eigenvalue weighted by atomic mass is 9.93. The number of nitrogens with one attached hydrogen (secondary N) is 1. The van der Waals surface area contributed by atoms with Crippen molar-refractivity contribution in [1.82, 2.24) is 9.88 Å². The van der Waals surface area contributed by atoms with Crippen molar-refractivity contribution in [2.45, 2.75) is 33.7 Å². The number of hydrogen-bond donors (Lipinski definition) is 1. The molecule has 1 N–H and O–H groups in total. The Morgan fingerprint density at radius 2 is 2.22 bits per heavy atom. The van der Waals surface area contributed by atoms with E-state index < -0.39 is 0 Å². The molecule has 0 amide bonds. The summed E-state index contributed by atoms with van der Waals surface area (Å²) in [4.78, 5) is 7.02. The first-order valence-electron chi connectivity index (χ1n) is 6.62. The molecule has 0 saturated carbocycles. The Bertz CT molecular complexity index is 418. The summed E-state index contributed by atoms with van der Waals surface area (Å²) >= 11 is 6.23. The van der Waals surface area contributed by atoms with Crippen LogP contribution in [0.5, 0.6) is 0 Å². The second kappa shape index (κ2) is 5.45. The smallest absolute Gasteiger partial charge is 0.126 e. The average Bonchev–Trinajstić information content (AvgIpc) is 2.63. The number of rotatable bonds is 4. The summed E-state index contributed by atoms with van der Waals surface area (Å²) in [5.74, 6) is 0.912. The van der Waals surface area contributed by atoms with E-state index in [1.54, 1.807) is 0 Å². The summed E-state index contributed by atoms with van der Waals surface area (Å²) < 4.78 is 0. The maximum Gasteiger partial charge on any atom is 0.126 e. The summed E-state index contributed by atoms with van der Waals surface area (Å²) in [5.41, 5.74) is 1.40. The van der Waals surface area contributed by atoms with E-state index in [0.717, 1.165) is 42.7 Å². The zero-order valence-corrected chi connectivity index (χ0v) is 12.2. The maximum atomic E-state index is 6.23. The number of aromatic nitrogens is 1. The Kier molecular flexibility index (Phi) is 4.13. The Morgan fingerprint density at radius 3 is 2.83 bits per heavy atom. The zero-order chi connectivity index (χ0) is 13.2. The van der Waals surface area contributed by atoms with Gasteiger partial charge in [-0.2, -0.15) is 0 Å². The van der Waals surface area contributed by atoms with E-state index in [-0.39, 0.29) is 0 Å². The van der Waals surface area contributed by atoms with Crippen molar-refractivity contribution in [2.24, 2.45) is 5.41 Å². The van der Waals surface area contributed by atoms with E-state index in [9.17, 15) is 0 Å². The van der Waals surface area contributed by atoms with Crippen LogP contribution in [0.25, 0.3) is 0 Å². The third-order valence-corrected chi connectivity index (χ3v) is 3.75. The summed E-state index contributed by atoms with van der Waals surface area (Å²) in [6.45, 7) is 10.7. The zero-order valence-electron chi connectivity index (χ0n) is 11.5. The normalized spacial score (nSPS) is 19.1. The minimum atomic E-state index is 0.422. The third kappa shape index (κ3) is 3.36. The maximum absolute atomic E-state index is 6.23. The molecule has 4 heteroatoms. The van der Waals surface area contributed by atoms with Gasteiger partial charge in [0.1, 0.15) is 5.82 Å². The number of hydrogen-bond acceptors (Lipinski definition) is 3. The molecule has 2 rings (SSSR count). The third-order valence-electron chi connectivity index (χ3n) is 3.41. The highest BCUT2D eigenvalue weighted by Gasteiger charge is 2.29. The van der Waals surface area contributed by atoms with Crippen LogP contribution in [0.2, 0.25) is 5.02 Å². The largest absolute Gasteiger partial charge is 0.370 e. The van der Waals surface area contributed by atoms with Gasteiger partial charge < -0.3 is 5.32 Å². The number of anilines is 1. The van der Waals surface area contributed by atoms with Crippen molar-refractivity contribution >= 4 is 17.4 Å². The Hall–Kier alpha value is -0.800. The van der Waals surface area contributed by atoms with E-state index in [4.69, 9.17) is 11.6 Å². The molecule has 1 aliphatic heterocycles. The molecule has 0 atom stereocenters. The van der Waals surface area contributed by atoms with Crippen molar-refractivity contribution in [3.05, 3.63) is 22.8 Å². The molecule has 1 saturated heterocycles. The van der Waals surface area contributed by atoms with E-state index >= 15 is 0 Å². The molecule has 1 aromatic heterocycles. The average molecular weight is 268 g/mol. The minimum absolute atomic E-state index is 0.422. The molecule has 0 radical (unpaired) electrons. The predicted octanol–water partition coefficient (Wildman–Crippen LogP) is 3.40. The van der Waals surface area contributed by atoms with Gasteiger partial charge in [-0.15, -0.1) is 0 Å². The van der Waals surface area contributed by atoms with Gasteiger partial charge in [0.25, 0.3) is 0 Å². The number of nitrogens with zero attached hydrogens (tertiary/aromatic N) is 2. The molecular weight excluding hydrogens is 246 g/mol. The summed E-state index contributed by atoms with van der Waals surface area (Å²) in [5, 5.41) is 3.99. The monoisotopic (exact) mass is 267 g/mol. The molecule has 0 bridgehead atoms. The number of likely N-dealkylation sites (tertiary alicyclic amines) is 1. The van der Waals surface area contributed by atoms with Crippen molar-refractivity contribution in [3.8, 4) is 0 Å². The fraction of sp³-hybridized carbons (Fsp3) is 0.643. The molecule has 100 valence electrons. The van der Waals surface area contributed by atoms with Crippen LogP contribution in [0.3, 0.4) is 0 Å². The Morgan fingerprint density at radius 1 is 1.44 bits per heavy atom. The van der Waals surface area contributed by atoms with Crippen molar-refractivity contribution < 1.29 is 0 Å². The molecular formula is C14H22ClN3. The van der Waals surface area contributed by atoms with Crippen LogP contribution in [0, 0.1) is 5.41 Å². The first kappa shape index (κ1) is 13.6. The van der Waals surface area contributed by atoms with Crippen LogP contribution in [0.15, 0.2) is 12.1 Å². The molecule has 0 aliphatic carbocycles. The predicted molar refractivity (Wildman–Crippen MR) is 77.1 cm³/mol. The van der Waals surface area contributed by atoms with Gasteiger partial charge in [-0.05, 0) is 37.4 Å². The molecule has 1 aliphatic rings. The highest BCUT2D eigenvalue weighted by molar-refractivity contribution is 6.31. The summed E-state index contributed by atoms with van der Waals surface area (Å²) in [6.07, 6.45) is 1.25. The number of halogens is 1. The molecule has 0 aromatic carbocycles. The van der Waals surface area contributed by atoms with E-state index in [1.807, 2.05) is 12.1 Å². The Labute approximate surface area is 115 Å². The van der Waals surface area contributed by atoms with Crippen LogP contribution in [-0.2, 0) is 6.54 Å². The molecule has 2 heterocycles. The van der Waals surface area contributed by atoms with Crippen LogP contribution < -0.4 is 5.32 Å². The lowest BCUT2D eigenvalue weighted by Gasteiger charge is -2.20.